The molecular formula is C23H27N3O3S2. The number of Topliss-reactive ketones (excluding diaryl/α,β-unsaturated/α-hetero) is 2. The predicted molar refractivity (Wildman–Crippen MR) is 126 cm³/mol. The third-order valence-electron chi connectivity index (χ3n) is 6.10. The van der Waals surface area contributed by atoms with Crippen molar-refractivity contribution in [2.24, 2.45) is 5.92 Å². The van der Waals surface area contributed by atoms with Crippen LogP contribution in [-0.4, -0.2) is 31.9 Å². The molecule has 164 valence electrons. The number of hydrogen-bond donors (Lipinski definition) is 1. The number of ketones is 2. The summed E-state index contributed by atoms with van der Waals surface area (Å²) in [4.78, 5) is 48.0. The van der Waals surface area contributed by atoms with Crippen LogP contribution < -0.4 is 5.56 Å². The second kappa shape index (κ2) is 8.39. The molecule has 0 fully saturated rings. The van der Waals surface area contributed by atoms with Crippen molar-refractivity contribution in [3.05, 3.63) is 43.3 Å². The number of carbonyl (C=O) groups is 2. The first-order valence-electron chi connectivity index (χ1n) is 10.6. The van der Waals surface area contributed by atoms with Crippen LogP contribution >= 0.6 is 23.1 Å². The van der Waals surface area contributed by atoms with Crippen molar-refractivity contribution < 1.29 is 9.59 Å². The summed E-state index contributed by atoms with van der Waals surface area (Å²) in [7, 11) is 0. The first-order chi connectivity index (χ1) is 14.7. The SMILES string of the molecule is CCn1c(SCC(=O)c2[nH]c(C)c(C(C)=O)c2C)nc2sc3c(c2c1=O)CC[C@@H](C)C3. The summed E-state index contributed by atoms with van der Waals surface area (Å²) in [6.45, 7) is 9.79. The van der Waals surface area contributed by atoms with Crippen LogP contribution in [-0.2, 0) is 19.4 Å². The van der Waals surface area contributed by atoms with Crippen LogP contribution in [0.1, 0.15) is 69.7 Å². The molecule has 0 aliphatic heterocycles. The Balaban J connectivity index is 1.66. The van der Waals surface area contributed by atoms with E-state index in [1.165, 1.54) is 29.1 Å². The number of fused-ring (bicyclic) bond motifs is 3. The highest BCUT2D eigenvalue weighted by molar-refractivity contribution is 7.99. The summed E-state index contributed by atoms with van der Waals surface area (Å²) in [5, 5.41) is 1.35. The number of thioether (sulfide) groups is 1. The number of aromatic amines is 1. The van der Waals surface area contributed by atoms with Crippen molar-refractivity contribution in [1.29, 1.82) is 0 Å². The molecule has 3 aromatic heterocycles. The van der Waals surface area contributed by atoms with Gasteiger partial charge in [-0.05, 0) is 64.0 Å². The Hall–Kier alpha value is -2.19. The number of carbonyl (C=O) groups excluding carboxylic acids is 2. The Morgan fingerprint density at radius 2 is 2.06 bits per heavy atom. The number of nitrogens with zero attached hydrogens (tertiary/aromatic N) is 2. The Morgan fingerprint density at radius 1 is 1.32 bits per heavy atom. The van der Waals surface area contributed by atoms with Crippen LogP contribution in [0.5, 0.6) is 0 Å². The molecular weight excluding hydrogens is 430 g/mol. The van der Waals surface area contributed by atoms with Crippen molar-refractivity contribution in [2.75, 3.05) is 5.75 Å². The van der Waals surface area contributed by atoms with Gasteiger partial charge in [-0.2, -0.15) is 0 Å². The minimum absolute atomic E-state index is 0.000247. The highest BCUT2D eigenvalue weighted by Gasteiger charge is 2.25. The average Bonchev–Trinajstić information content (AvgIpc) is 3.22. The molecule has 0 amide bonds. The molecule has 0 spiro atoms. The van der Waals surface area contributed by atoms with Crippen molar-refractivity contribution >= 4 is 44.9 Å². The Kier molecular flexibility index (Phi) is 5.96. The lowest BCUT2D eigenvalue weighted by Gasteiger charge is -2.17. The van der Waals surface area contributed by atoms with E-state index in [-0.39, 0.29) is 22.9 Å². The number of thiophene rings is 1. The van der Waals surface area contributed by atoms with Gasteiger partial charge >= 0.3 is 0 Å². The van der Waals surface area contributed by atoms with Crippen molar-refractivity contribution in [2.45, 2.75) is 65.6 Å². The van der Waals surface area contributed by atoms with Gasteiger partial charge in [0.15, 0.2) is 16.7 Å². The van der Waals surface area contributed by atoms with E-state index in [0.29, 0.717) is 40.1 Å². The van der Waals surface area contributed by atoms with Gasteiger partial charge < -0.3 is 4.98 Å². The molecule has 0 unspecified atom stereocenters. The lowest BCUT2D eigenvalue weighted by Crippen LogP contribution is -2.23. The molecule has 4 rings (SSSR count). The lowest BCUT2D eigenvalue weighted by molar-refractivity contribution is 0.101. The summed E-state index contributed by atoms with van der Waals surface area (Å²) >= 11 is 2.91. The van der Waals surface area contributed by atoms with Crippen LogP contribution in [0.2, 0.25) is 0 Å². The van der Waals surface area contributed by atoms with Gasteiger partial charge in [0.25, 0.3) is 5.56 Å². The fourth-order valence-corrected chi connectivity index (χ4v) is 6.91. The quantitative estimate of drug-likeness (QED) is 0.329. The van der Waals surface area contributed by atoms with Crippen LogP contribution in [0, 0.1) is 19.8 Å². The third-order valence-corrected chi connectivity index (χ3v) is 8.22. The maximum atomic E-state index is 13.3. The number of rotatable bonds is 6. The van der Waals surface area contributed by atoms with E-state index < -0.39 is 0 Å². The summed E-state index contributed by atoms with van der Waals surface area (Å²) in [5.41, 5.74) is 3.62. The van der Waals surface area contributed by atoms with Gasteiger partial charge in [-0.1, -0.05) is 18.7 Å². The fraction of sp³-hybridized carbons (Fsp3) is 0.478. The van der Waals surface area contributed by atoms with E-state index in [2.05, 4.69) is 11.9 Å². The zero-order valence-corrected chi connectivity index (χ0v) is 20.2. The molecule has 0 radical (unpaired) electrons. The number of nitrogens with one attached hydrogen (secondary N) is 1. The largest absolute Gasteiger partial charge is 0.355 e. The van der Waals surface area contributed by atoms with Crippen LogP contribution in [0.4, 0.5) is 0 Å². The van der Waals surface area contributed by atoms with Gasteiger partial charge in [-0.3, -0.25) is 19.0 Å². The molecule has 1 aliphatic rings. The maximum Gasteiger partial charge on any atom is 0.263 e. The van der Waals surface area contributed by atoms with Gasteiger partial charge in [0, 0.05) is 22.7 Å². The van der Waals surface area contributed by atoms with Gasteiger partial charge in [0.05, 0.1) is 16.8 Å². The van der Waals surface area contributed by atoms with Crippen molar-refractivity contribution in [3.63, 3.8) is 0 Å². The normalized spacial score (nSPS) is 16.0. The smallest absolute Gasteiger partial charge is 0.263 e. The highest BCUT2D eigenvalue weighted by atomic mass is 32.2. The lowest BCUT2D eigenvalue weighted by atomic mass is 9.89. The van der Waals surface area contributed by atoms with Crippen molar-refractivity contribution in [3.8, 4) is 0 Å². The molecule has 0 bridgehead atoms. The van der Waals surface area contributed by atoms with Gasteiger partial charge in [-0.15, -0.1) is 11.3 Å². The summed E-state index contributed by atoms with van der Waals surface area (Å²) in [6, 6.07) is 0. The summed E-state index contributed by atoms with van der Waals surface area (Å²) < 4.78 is 1.68. The highest BCUT2D eigenvalue weighted by Crippen LogP contribution is 2.36. The molecule has 31 heavy (non-hydrogen) atoms. The number of aryl methyl sites for hydroxylation is 2. The molecule has 1 aliphatic carbocycles. The molecule has 0 aromatic carbocycles. The zero-order valence-electron chi connectivity index (χ0n) is 18.5. The third kappa shape index (κ3) is 3.80. The number of H-pyrrole nitrogens is 1. The molecule has 0 saturated heterocycles. The van der Waals surface area contributed by atoms with E-state index >= 15 is 0 Å². The predicted octanol–water partition coefficient (Wildman–Crippen LogP) is 4.73. The van der Waals surface area contributed by atoms with Crippen LogP contribution in [0.3, 0.4) is 0 Å². The molecule has 8 heteroatoms. The zero-order chi connectivity index (χ0) is 22.4. The topological polar surface area (TPSA) is 84.8 Å². The molecule has 6 nitrogen and oxygen atoms in total. The van der Waals surface area contributed by atoms with Gasteiger partial charge in [-0.25, -0.2) is 4.98 Å². The summed E-state index contributed by atoms with van der Waals surface area (Å²) in [5.74, 6) is 0.626. The maximum absolute atomic E-state index is 13.3. The summed E-state index contributed by atoms with van der Waals surface area (Å²) in [6.07, 6.45) is 3.05. The van der Waals surface area contributed by atoms with E-state index in [9.17, 15) is 14.4 Å². The molecule has 1 atom stereocenters. The van der Waals surface area contributed by atoms with E-state index in [1.807, 2.05) is 6.92 Å². The molecule has 3 aromatic rings. The van der Waals surface area contributed by atoms with Crippen molar-refractivity contribution in [1.82, 2.24) is 14.5 Å². The Morgan fingerprint density at radius 3 is 2.71 bits per heavy atom. The monoisotopic (exact) mass is 457 g/mol. The second-order valence-electron chi connectivity index (χ2n) is 8.37. The molecule has 3 heterocycles. The first-order valence-corrected chi connectivity index (χ1v) is 12.4. The Labute approximate surface area is 189 Å². The number of aromatic nitrogens is 3. The van der Waals surface area contributed by atoms with E-state index in [0.717, 1.165) is 29.5 Å². The van der Waals surface area contributed by atoms with Gasteiger partial charge in [0.1, 0.15) is 4.83 Å². The van der Waals surface area contributed by atoms with E-state index in [1.54, 1.807) is 29.8 Å². The molecule has 1 N–H and O–H groups in total. The first kappa shape index (κ1) is 22.0. The van der Waals surface area contributed by atoms with Crippen LogP contribution in [0.15, 0.2) is 9.95 Å². The fourth-order valence-electron chi connectivity index (χ4n) is 4.55. The molecule has 0 saturated carbocycles. The second-order valence-corrected chi connectivity index (χ2v) is 10.4. The Bertz CT molecular complexity index is 1270. The minimum Gasteiger partial charge on any atom is -0.355 e. The minimum atomic E-state index is -0.102. The number of hydrogen-bond acceptors (Lipinski definition) is 6. The van der Waals surface area contributed by atoms with Gasteiger partial charge in [0.2, 0.25) is 0 Å². The van der Waals surface area contributed by atoms with E-state index in [4.69, 9.17) is 4.98 Å². The standard InChI is InChI=1S/C23H27N3O3S2/c1-6-26-22(29)19-15-8-7-11(2)9-17(15)31-21(19)25-23(26)30-10-16(28)20-12(3)18(14(5)27)13(4)24-20/h11,24H,6-10H2,1-5H3/t11-/m1/s1. The van der Waals surface area contributed by atoms with Crippen LogP contribution in [0.25, 0.3) is 10.2 Å². The average molecular weight is 458 g/mol.